The highest BCUT2D eigenvalue weighted by Crippen LogP contribution is 2.36. The molecule has 1 heterocycles. The second kappa shape index (κ2) is 9.93. The van der Waals surface area contributed by atoms with E-state index < -0.39 is 29.3 Å². The van der Waals surface area contributed by atoms with Gasteiger partial charge in [-0.15, -0.1) is 0 Å². The predicted octanol–water partition coefficient (Wildman–Crippen LogP) is 5.15. The summed E-state index contributed by atoms with van der Waals surface area (Å²) in [5, 5.41) is 19.1. The van der Waals surface area contributed by atoms with Gasteiger partial charge in [0.05, 0.1) is 28.6 Å². The van der Waals surface area contributed by atoms with E-state index in [2.05, 4.69) is 4.98 Å². The van der Waals surface area contributed by atoms with Crippen LogP contribution in [0.4, 0.5) is 13.2 Å². The van der Waals surface area contributed by atoms with Gasteiger partial charge >= 0.3 is 6.18 Å². The first-order valence-corrected chi connectivity index (χ1v) is 10.4. The van der Waals surface area contributed by atoms with Gasteiger partial charge in [0, 0.05) is 5.56 Å². The maximum absolute atomic E-state index is 13.1. The third-order valence-corrected chi connectivity index (χ3v) is 4.95. The zero-order chi connectivity index (χ0) is 25.0. The van der Waals surface area contributed by atoms with Crippen LogP contribution in [0.15, 0.2) is 54.6 Å². The Labute approximate surface area is 194 Å². The molecule has 0 aliphatic rings. The van der Waals surface area contributed by atoms with Crippen molar-refractivity contribution >= 4 is 5.91 Å². The smallest absolute Gasteiger partial charge is 0.417 e. The lowest BCUT2D eigenvalue weighted by Crippen LogP contribution is -2.21. The number of hydrogen-bond donors (Lipinski definition) is 2. The number of nitriles is 1. The third-order valence-electron chi connectivity index (χ3n) is 4.95. The number of aliphatic hydroxyl groups is 1. The number of aromatic nitrogens is 1. The quantitative estimate of drug-likeness (QED) is 0.497. The largest absolute Gasteiger partial charge is 0.457 e. The van der Waals surface area contributed by atoms with E-state index in [9.17, 15) is 23.1 Å². The molecule has 6 nitrogen and oxygen atoms in total. The van der Waals surface area contributed by atoms with Crippen LogP contribution >= 0.6 is 0 Å². The van der Waals surface area contributed by atoms with Crippen molar-refractivity contribution in [1.82, 2.24) is 4.98 Å². The molecule has 3 rings (SSSR count). The van der Waals surface area contributed by atoms with Gasteiger partial charge in [-0.25, -0.2) is 4.98 Å². The topological polar surface area (TPSA) is 109 Å². The first-order chi connectivity index (χ1) is 16.0. The number of ether oxygens (including phenoxy) is 1. The molecule has 9 heteroatoms. The van der Waals surface area contributed by atoms with Crippen LogP contribution in [-0.2, 0) is 17.4 Å². The van der Waals surface area contributed by atoms with E-state index in [-0.39, 0.29) is 17.4 Å². The number of aliphatic hydroxyl groups excluding tert-OH is 1. The van der Waals surface area contributed by atoms with Crippen LogP contribution in [0.2, 0.25) is 0 Å². The molecule has 1 unspecified atom stereocenters. The molecule has 0 saturated heterocycles. The monoisotopic (exact) mass is 469 g/mol. The van der Waals surface area contributed by atoms with E-state index in [1.807, 2.05) is 19.9 Å². The molecule has 0 fully saturated rings. The molecule has 1 aromatic heterocycles. The molecule has 176 valence electrons. The Morgan fingerprint density at radius 1 is 1.18 bits per heavy atom. The molecule has 3 N–H and O–H groups in total. The van der Waals surface area contributed by atoms with Crippen molar-refractivity contribution in [2.45, 2.75) is 32.5 Å². The van der Waals surface area contributed by atoms with E-state index in [1.165, 1.54) is 12.1 Å². The zero-order valence-electron chi connectivity index (χ0n) is 18.4. The number of carbonyl (C=O) groups excluding carboxylic acids is 1. The third kappa shape index (κ3) is 5.71. The van der Waals surface area contributed by atoms with Crippen molar-refractivity contribution in [3.63, 3.8) is 0 Å². The molecule has 0 bridgehead atoms. The molecular formula is C25H22F3N3O3. The summed E-state index contributed by atoms with van der Waals surface area (Å²) < 4.78 is 45.1. The number of nitrogens with two attached hydrogens (primary N) is 1. The van der Waals surface area contributed by atoms with Gasteiger partial charge in [0.15, 0.2) is 6.10 Å². The van der Waals surface area contributed by atoms with Crippen LogP contribution < -0.4 is 10.5 Å². The van der Waals surface area contributed by atoms with Crippen LogP contribution in [0.3, 0.4) is 0 Å². The number of primary amides is 1. The molecule has 0 spiro atoms. The zero-order valence-corrected chi connectivity index (χ0v) is 18.4. The summed E-state index contributed by atoms with van der Waals surface area (Å²) in [5.74, 6) is -0.153. The van der Waals surface area contributed by atoms with Gasteiger partial charge in [0.25, 0.3) is 5.91 Å². The van der Waals surface area contributed by atoms with Crippen molar-refractivity contribution in [1.29, 1.82) is 5.26 Å². The van der Waals surface area contributed by atoms with Crippen LogP contribution in [0, 0.1) is 17.2 Å². The fourth-order valence-corrected chi connectivity index (χ4v) is 3.40. The highest BCUT2D eigenvalue weighted by Gasteiger charge is 2.33. The Balaban J connectivity index is 1.99. The molecule has 1 atom stereocenters. The van der Waals surface area contributed by atoms with Crippen molar-refractivity contribution in [3.8, 4) is 28.8 Å². The number of carbonyl (C=O) groups is 1. The number of amides is 1. The van der Waals surface area contributed by atoms with E-state index in [1.54, 1.807) is 30.3 Å². The Hall–Kier alpha value is -3.90. The molecule has 0 aliphatic heterocycles. The first-order valence-electron chi connectivity index (χ1n) is 10.4. The maximum Gasteiger partial charge on any atom is 0.417 e. The average molecular weight is 469 g/mol. The Morgan fingerprint density at radius 2 is 1.91 bits per heavy atom. The van der Waals surface area contributed by atoms with Gasteiger partial charge in [0.2, 0.25) is 0 Å². The van der Waals surface area contributed by atoms with Crippen LogP contribution in [0.25, 0.3) is 11.3 Å². The Kier molecular flexibility index (Phi) is 7.23. The van der Waals surface area contributed by atoms with E-state index in [0.29, 0.717) is 23.4 Å². The van der Waals surface area contributed by atoms with Gasteiger partial charge in [0.1, 0.15) is 11.5 Å². The van der Waals surface area contributed by atoms with Crippen molar-refractivity contribution < 1.29 is 27.8 Å². The Bertz CT molecular complexity index is 1250. The second-order valence-electron chi connectivity index (χ2n) is 8.09. The number of pyridine rings is 1. The van der Waals surface area contributed by atoms with Crippen LogP contribution in [-0.4, -0.2) is 16.0 Å². The lowest BCUT2D eigenvalue weighted by molar-refractivity contribution is -0.137. The summed E-state index contributed by atoms with van der Waals surface area (Å²) in [4.78, 5) is 15.6. The molecule has 0 radical (unpaired) electrons. The molecular weight excluding hydrogens is 447 g/mol. The summed E-state index contributed by atoms with van der Waals surface area (Å²) in [6.45, 7) is 4.01. The van der Waals surface area contributed by atoms with Crippen LogP contribution in [0.5, 0.6) is 11.5 Å². The van der Waals surface area contributed by atoms with Gasteiger partial charge in [-0.1, -0.05) is 19.9 Å². The average Bonchev–Trinajstić information content (AvgIpc) is 2.78. The highest BCUT2D eigenvalue weighted by atomic mass is 19.4. The molecule has 1 amide bonds. The van der Waals surface area contributed by atoms with Gasteiger partial charge in [-0.2, -0.15) is 18.4 Å². The minimum Gasteiger partial charge on any atom is -0.457 e. The van der Waals surface area contributed by atoms with Crippen molar-refractivity contribution in [2.24, 2.45) is 11.7 Å². The number of benzene rings is 2. The Morgan fingerprint density at radius 3 is 2.53 bits per heavy atom. The van der Waals surface area contributed by atoms with Crippen molar-refractivity contribution in [3.05, 3.63) is 77.0 Å². The molecule has 3 aromatic rings. The minimum absolute atomic E-state index is 0.104. The van der Waals surface area contributed by atoms with E-state index in [4.69, 9.17) is 15.7 Å². The van der Waals surface area contributed by atoms with E-state index in [0.717, 1.165) is 17.7 Å². The molecule has 0 aliphatic carbocycles. The number of nitrogens with zero attached hydrogens (tertiary/aromatic N) is 2. The van der Waals surface area contributed by atoms with Gasteiger partial charge in [-0.05, 0) is 66.4 Å². The fourth-order valence-electron chi connectivity index (χ4n) is 3.40. The minimum atomic E-state index is -4.64. The lowest BCUT2D eigenvalue weighted by atomic mass is 9.98. The summed E-state index contributed by atoms with van der Waals surface area (Å²) >= 11 is 0. The number of rotatable bonds is 7. The standard InChI is InChI=1S/C25H22F3N3O3/c1-14(2)10-16-11-15(20-4-3-5-21(31-20)23(32)24(30)33)6-9-22(16)34-18-7-8-19(25(26,27)28)17(12-18)13-29/h3-9,11-12,14,23,32H,10H2,1-2H3,(H2,30,33). The lowest BCUT2D eigenvalue weighted by Gasteiger charge is -2.16. The maximum atomic E-state index is 13.1. The highest BCUT2D eigenvalue weighted by molar-refractivity contribution is 5.79. The predicted molar refractivity (Wildman–Crippen MR) is 119 cm³/mol. The summed E-state index contributed by atoms with van der Waals surface area (Å²) in [6.07, 6.45) is -5.58. The molecule has 2 aromatic carbocycles. The van der Waals surface area contributed by atoms with Crippen LogP contribution in [0.1, 0.15) is 42.3 Å². The van der Waals surface area contributed by atoms with Gasteiger partial charge < -0.3 is 15.6 Å². The van der Waals surface area contributed by atoms with Gasteiger partial charge in [-0.3, -0.25) is 4.79 Å². The molecule has 34 heavy (non-hydrogen) atoms. The number of halogens is 3. The van der Waals surface area contributed by atoms with Crippen molar-refractivity contribution in [2.75, 3.05) is 0 Å². The SMILES string of the molecule is CC(C)Cc1cc(-c2cccc(C(O)C(N)=O)n2)ccc1Oc1ccc(C(F)(F)F)c(C#N)c1. The first kappa shape index (κ1) is 24.7. The molecule has 0 saturated carbocycles. The second-order valence-corrected chi connectivity index (χ2v) is 8.09. The number of hydrogen-bond acceptors (Lipinski definition) is 5. The summed E-state index contributed by atoms with van der Waals surface area (Å²) in [5.41, 5.74) is 5.67. The number of alkyl halides is 3. The summed E-state index contributed by atoms with van der Waals surface area (Å²) in [6, 6.07) is 14.7. The summed E-state index contributed by atoms with van der Waals surface area (Å²) in [7, 11) is 0. The fraction of sp³-hybridized carbons (Fsp3) is 0.240. The van der Waals surface area contributed by atoms with E-state index >= 15 is 0 Å². The normalized spacial score (nSPS) is 12.3.